The standard InChI is InChI=1S/C16H22N4OS2/c1-11-3-4-13(9-12(11)2)17-15-18-20(16(22)23-15)10-19-7-5-14(21)6-8-19/h3-4,9,14,21H,5-8,10H2,1-2H3,(H,17,18). The Labute approximate surface area is 145 Å². The van der Waals surface area contributed by atoms with Crippen molar-refractivity contribution in [3.63, 3.8) is 0 Å². The number of aryl methyl sites for hydroxylation is 2. The summed E-state index contributed by atoms with van der Waals surface area (Å²) in [5.74, 6) is 0. The lowest BCUT2D eigenvalue weighted by Gasteiger charge is -2.28. The molecule has 7 heteroatoms. The van der Waals surface area contributed by atoms with Crippen molar-refractivity contribution >= 4 is 34.4 Å². The maximum Gasteiger partial charge on any atom is 0.209 e. The molecule has 0 saturated carbocycles. The normalized spacial score (nSPS) is 16.7. The molecule has 0 atom stereocenters. The van der Waals surface area contributed by atoms with Crippen molar-refractivity contribution in [2.45, 2.75) is 39.5 Å². The average molecular weight is 351 g/mol. The first kappa shape index (κ1) is 16.6. The third kappa shape index (κ3) is 4.17. The number of rotatable bonds is 4. The molecule has 2 aromatic rings. The summed E-state index contributed by atoms with van der Waals surface area (Å²) in [6.07, 6.45) is 1.49. The Bertz CT molecular complexity index is 732. The van der Waals surface area contributed by atoms with Gasteiger partial charge < -0.3 is 10.4 Å². The zero-order valence-corrected chi connectivity index (χ0v) is 15.1. The molecule has 1 aromatic carbocycles. The number of nitrogens with zero attached hydrogens (tertiary/aromatic N) is 3. The van der Waals surface area contributed by atoms with Gasteiger partial charge in [-0.25, -0.2) is 4.68 Å². The second-order valence-corrected chi connectivity index (χ2v) is 7.71. The van der Waals surface area contributed by atoms with Gasteiger partial charge in [0.25, 0.3) is 0 Å². The fourth-order valence-electron chi connectivity index (χ4n) is 2.64. The highest BCUT2D eigenvalue weighted by atomic mass is 32.1. The molecule has 0 radical (unpaired) electrons. The van der Waals surface area contributed by atoms with Crippen molar-refractivity contribution in [3.05, 3.63) is 33.3 Å². The maximum absolute atomic E-state index is 9.58. The topological polar surface area (TPSA) is 53.3 Å². The molecule has 3 rings (SSSR count). The highest BCUT2D eigenvalue weighted by Gasteiger charge is 2.18. The predicted octanol–water partition coefficient (Wildman–Crippen LogP) is 3.45. The molecule has 1 aliphatic rings. The van der Waals surface area contributed by atoms with E-state index in [1.807, 2.05) is 4.68 Å². The van der Waals surface area contributed by atoms with Crippen molar-refractivity contribution in [2.24, 2.45) is 0 Å². The van der Waals surface area contributed by atoms with Gasteiger partial charge in [0.05, 0.1) is 12.8 Å². The van der Waals surface area contributed by atoms with E-state index in [0.29, 0.717) is 6.67 Å². The highest BCUT2D eigenvalue weighted by molar-refractivity contribution is 7.73. The van der Waals surface area contributed by atoms with E-state index in [0.717, 1.165) is 40.7 Å². The summed E-state index contributed by atoms with van der Waals surface area (Å²) < 4.78 is 2.63. The summed E-state index contributed by atoms with van der Waals surface area (Å²) in [6.45, 7) is 6.68. The van der Waals surface area contributed by atoms with E-state index < -0.39 is 0 Å². The quantitative estimate of drug-likeness (QED) is 0.827. The zero-order chi connectivity index (χ0) is 16.4. The molecule has 0 spiro atoms. The summed E-state index contributed by atoms with van der Waals surface area (Å²) >= 11 is 6.92. The van der Waals surface area contributed by atoms with Crippen LogP contribution in [0.4, 0.5) is 10.8 Å². The number of likely N-dealkylation sites (tertiary alicyclic amines) is 1. The Morgan fingerprint density at radius 3 is 2.74 bits per heavy atom. The molecule has 2 N–H and O–H groups in total. The molecule has 0 aliphatic carbocycles. The number of aromatic nitrogens is 2. The second-order valence-electron chi connectivity index (χ2n) is 6.09. The van der Waals surface area contributed by atoms with E-state index in [4.69, 9.17) is 12.2 Å². The van der Waals surface area contributed by atoms with Crippen LogP contribution in [0.3, 0.4) is 0 Å². The number of aliphatic hydroxyl groups is 1. The molecule has 2 heterocycles. The summed E-state index contributed by atoms with van der Waals surface area (Å²) in [5, 5.41) is 18.3. The lowest BCUT2D eigenvalue weighted by Crippen LogP contribution is -2.37. The molecule has 1 aromatic heterocycles. The van der Waals surface area contributed by atoms with Gasteiger partial charge in [0.15, 0.2) is 3.95 Å². The number of anilines is 2. The van der Waals surface area contributed by atoms with Crippen LogP contribution >= 0.6 is 23.6 Å². The molecule has 0 bridgehead atoms. The van der Waals surface area contributed by atoms with Crippen molar-refractivity contribution in [1.82, 2.24) is 14.7 Å². The van der Waals surface area contributed by atoms with Gasteiger partial charge in [-0.1, -0.05) is 17.4 Å². The molecule has 124 valence electrons. The van der Waals surface area contributed by atoms with Crippen LogP contribution in [-0.2, 0) is 6.67 Å². The van der Waals surface area contributed by atoms with E-state index in [9.17, 15) is 5.11 Å². The van der Waals surface area contributed by atoms with Gasteiger partial charge in [-0.15, -0.1) is 5.10 Å². The lowest BCUT2D eigenvalue weighted by molar-refractivity contribution is 0.0653. The number of nitrogens with one attached hydrogen (secondary N) is 1. The zero-order valence-electron chi connectivity index (χ0n) is 13.5. The van der Waals surface area contributed by atoms with Crippen LogP contribution in [-0.4, -0.2) is 39.0 Å². The molecule has 1 saturated heterocycles. The van der Waals surface area contributed by atoms with Gasteiger partial charge in [0.1, 0.15) is 0 Å². The third-order valence-corrected chi connectivity index (χ3v) is 5.48. The van der Waals surface area contributed by atoms with Gasteiger partial charge in [-0.05, 0) is 62.2 Å². The van der Waals surface area contributed by atoms with Gasteiger partial charge >= 0.3 is 0 Å². The first-order chi connectivity index (χ1) is 11.0. The van der Waals surface area contributed by atoms with Crippen molar-refractivity contribution < 1.29 is 5.11 Å². The molecular formula is C16H22N4OS2. The van der Waals surface area contributed by atoms with E-state index in [-0.39, 0.29) is 6.10 Å². The first-order valence-electron chi connectivity index (χ1n) is 7.84. The number of hydrogen-bond acceptors (Lipinski definition) is 6. The van der Waals surface area contributed by atoms with Crippen LogP contribution in [0.1, 0.15) is 24.0 Å². The number of aliphatic hydroxyl groups excluding tert-OH is 1. The van der Waals surface area contributed by atoms with Crippen molar-refractivity contribution in [1.29, 1.82) is 0 Å². The highest BCUT2D eigenvalue weighted by Crippen LogP contribution is 2.23. The van der Waals surface area contributed by atoms with Crippen LogP contribution in [0.2, 0.25) is 0 Å². The van der Waals surface area contributed by atoms with Gasteiger partial charge in [-0.3, -0.25) is 4.90 Å². The Morgan fingerprint density at radius 2 is 2.04 bits per heavy atom. The van der Waals surface area contributed by atoms with Gasteiger partial charge in [0.2, 0.25) is 5.13 Å². The first-order valence-corrected chi connectivity index (χ1v) is 9.06. The van der Waals surface area contributed by atoms with Gasteiger partial charge in [-0.2, -0.15) is 0 Å². The average Bonchev–Trinajstić information content (AvgIpc) is 2.85. The minimum atomic E-state index is -0.156. The van der Waals surface area contributed by atoms with Crippen LogP contribution in [0.5, 0.6) is 0 Å². The summed E-state index contributed by atoms with van der Waals surface area (Å²) in [7, 11) is 0. The largest absolute Gasteiger partial charge is 0.393 e. The van der Waals surface area contributed by atoms with E-state index in [2.05, 4.69) is 47.4 Å². The summed E-state index contributed by atoms with van der Waals surface area (Å²) in [5.41, 5.74) is 3.57. The van der Waals surface area contributed by atoms with Gasteiger partial charge in [0, 0.05) is 18.8 Å². The molecule has 1 fully saturated rings. The number of hydrogen-bond donors (Lipinski definition) is 2. The molecular weight excluding hydrogens is 328 g/mol. The third-order valence-electron chi connectivity index (χ3n) is 4.26. The van der Waals surface area contributed by atoms with Crippen LogP contribution in [0, 0.1) is 17.8 Å². The smallest absolute Gasteiger partial charge is 0.209 e. The maximum atomic E-state index is 9.58. The van der Waals surface area contributed by atoms with Crippen molar-refractivity contribution in [2.75, 3.05) is 18.4 Å². The fraction of sp³-hybridized carbons (Fsp3) is 0.500. The van der Waals surface area contributed by atoms with E-state index in [1.54, 1.807) is 0 Å². The van der Waals surface area contributed by atoms with Crippen LogP contribution < -0.4 is 5.32 Å². The fourth-order valence-corrected chi connectivity index (χ4v) is 3.65. The molecule has 0 unspecified atom stereocenters. The predicted molar refractivity (Wildman–Crippen MR) is 97.0 cm³/mol. The van der Waals surface area contributed by atoms with E-state index >= 15 is 0 Å². The lowest BCUT2D eigenvalue weighted by atomic mass is 10.1. The Kier molecular flexibility index (Phi) is 5.11. The Balaban J connectivity index is 1.68. The SMILES string of the molecule is Cc1ccc(Nc2nn(CN3CCC(O)CC3)c(=S)s2)cc1C. The molecule has 23 heavy (non-hydrogen) atoms. The Hall–Kier alpha value is -1.28. The summed E-state index contributed by atoms with van der Waals surface area (Å²) in [4.78, 5) is 2.28. The molecule has 1 aliphatic heterocycles. The second kappa shape index (κ2) is 7.09. The summed E-state index contributed by atoms with van der Waals surface area (Å²) in [6, 6.07) is 6.28. The van der Waals surface area contributed by atoms with Crippen molar-refractivity contribution in [3.8, 4) is 0 Å². The molecule has 0 amide bonds. The number of piperidine rings is 1. The Morgan fingerprint density at radius 1 is 1.30 bits per heavy atom. The monoisotopic (exact) mass is 350 g/mol. The van der Waals surface area contributed by atoms with E-state index in [1.165, 1.54) is 22.5 Å². The minimum absolute atomic E-state index is 0.156. The number of benzene rings is 1. The minimum Gasteiger partial charge on any atom is -0.393 e. The molecule has 5 nitrogen and oxygen atoms in total. The van der Waals surface area contributed by atoms with Crippen LogP contribution in [0.25, 0.3) is 0 Å². The van der Waals surface area contributed by atoms with Crippen LogP contribution in [0.15, 0.2) is 18.2 Å².